The summed E-state index contributed by atoms with van der Waals surface area (Å²) in [6, 6.07) is 28.1. The van der Waals surface area contributed by atoms with Gasteiger partial charge in [0.25, 0.3) is 5.91 Å². The van der Waals surface area contributed by atoms with Gasteiger partial charge in [0.2, 0.25) is 5.91 Å². The summed E-state index contributed by atoms with van der Waals surface area (Å²) in [7, 11) is 1.57. The average molecular weight is 524 g/mol. The molecule has 3 aromatic carbocycles. The van der Waals surface area contributed by atoms with Gasteiger partial charge in [-0.25, -0.2) is 0 Å². The SMILES string of the molecule is COc1cccc(C(=O)N(CC(=O)N2CCn3cccc3[C@H]2c2cccc(Oc3ccccc3)c2)C(C)C)c1. The molecule has 1 aromatic heterocycles. The van der Waals surface area contributed by atoms with Crippen LogP contribution in [0.1, 0.15) is 41.5 Å². The molecule has 0 saturated carbocycles. The van der Waals surface area contributed by atoms with Crippen LogP contribution in [0, 0.1) is 0 Å². The summed E-state index contributed by atoms with van der Waals surface area (Å²) in [5.74, 6) is 1.74. The number of aromatic nitrogens is 1. The van der Waals surface area contributed by atoms with E-state index in [1.807, 2.05) is 85.6 Å². The Hall–Kier alpha value is -4.52. The van der Waals surface area contributed by atoms with Crippen molar-refractivity contribution in [1.82, 2.24) is 14.4 Å². The number of carbonyl (C=O) groups excluding carboxylic acids is 2. The van der Waals surface area contributed by atoms with Crippen molar-refractivity contribution < 1.29 is 19.1 Å². The Morgan fingerprint density at radius 3 is 2.38 bits per heavy atom. The lowest BCUT2D eigenvalue weighted by molar-refractivity contribution is -0.135. The third kappa shape index (κ3) is 5.67. The van der Waals surface area contributed by atoms with Crippen molar-refractivity contribution in [2.75, 3.05) is 20.2 Å². The number of benzene rings is 3. The van der Waals surface area contributed by atoms with E-state index < -0.39 is 0 Å². The van der Waals surface area contributed by atoms with Crippen LogP contribution in [-0.2, 0) is 11.3 Å². The molecular weight excluding hydrogens is 490 g/mol. The number of carbonyl (C=O) groups is 2. The Balaban J connectivity index is 1.43. The normalized spacial score (nSPS) is 14.6. The minimum Gasteiger partial charge on any atom is -0.497 e. The number of methoxy groups -OCH3 is 1. The summed E-state index contributed by atoms with van der Waals surface area (Å²) in [4.78, 5) is 30.9. The summed E-state index contributed by atoms with van der Waals surface area (Å²) in [6.45, 7) is 5.05. The highest BCUT2D eigenvalue weighted by Gasteiger charge is 2.34. The van der Waals surface area contributed by atoms with Gasteiger partial charge < -0.3 is 23.8 Å². The molecule has 39 heavy (non-hydrogen) atoms. The lowest BCUT2D eigenvalue weighted by Crippen LogP contribution is -2.49. The average Bonchev–Trinajstić information content (AvgIpc) is 3.44. The molecule has 7 heteroatoms. The number of para-hydroxylation sites is 1. The second-order valence-electron chi connectivity index (χ2n) is 9.86. The molecule has 1 aliphatic rings. The summed E-state index contributed by atoms with van der Waals surface area (Å²) in [5.41, 5.74) is 2.47. The van der Waals surface area contributed by atoms with Crippen molar-refractivity contribution in [3.8, 4) is 17.2 Å². The van der Waals surface area contributed by atoms with Crippen molar-refractivity contribution in [3.63, 3.8) is 0 Å². The molecule has 0 saturated heterocycles. The van der Waals surface area contributed by atoms with Crippen LogP contribution in [0.5, 0.6) is 17.2 Å². The maximum Gasteiger partial charge on any atom is 0.254 e. The van der Waals surface area contributed by atoms with Crippen molar-refractivity contribution in [3.05, 3.63) is 114 Å². The van der Waals surface area contributed by atoms with Gasteiger partial charge in [-0.1, -0.05) is 36.4 Å². The Kier molecular flexibility index (Phi) is 7.68. The van der Waals surface area contributed by atoms with E-state index in [1.54, 1.807) is 36.3 Å². The Bertz CT molecular complexity index is 1450. The van der Waals surface area contributed by atoms with Crippen LogP contribution >= 0.6 is 0 Å². The van der Waals surface area contributed by atoms with Crippen molar-refractivity contribution in [2.24, 2.45) is 0 Å². The first kappa shape index (κ1) is 26.1. The molecule has 0 radical (unpaired) electrons. The summed E-state index contributed by atoms with van der Waals surface area (Å²) in [5, 5.41) is 0. The minimum absolute atomic E-state index is 0.0227. The molecule has 0 spiro atoms. The standard InChI is InChI=1S/C32H33N3O4/c1-23(2)35(32(37)25-11-8-14-27(21-25)38-3)22-30(36)34-19-18-33-17-9-16-29(33)31(34)24-10-7-15-28(20-24)39-26-12-5-4-6-13-26/h4-17,20-21,23,31H,18-19,22H2,1-3H3/t31-/m1/s1. The number of ether oxygens (including phenoxy) is 2. The van der Waals surface area contributed by atoms with Crippen LogP contribution in [0.4, 0.5) is 0 Å². The zero-order valence-electron chi connectivity index (χ0n) is 22.5. The van der Waals surface area contributed by atoms with Gasteiger partial charge in [0, 0.05) is 36.6 Å². The quantitative estimate of drug-likeness (QED) is 0.294. The summed E-state index contributed by atoms with van der Waals surface area (Å²) in [6.07, 6.45) is 2.04. The smallest absolute Gasteiger partial charge is 0.254 e. The fraction of sp³-hybridized carbons (Fsp3) is 0.250. The summed E-state index contributed by atoms with van der Waals surface area (Å²) >= 11 is 0. The van der Waals surface area contributed by atoms with Gasteiger partial charge in [-0.15, -0.1) is 0 Å². The van der Waals surface area contributed by atoms with Crippen molar-refractivity contribution >= 4 is 11.8 Å². The van der Waals surface area contributed by atoms with E-state index in [9.17, 15) is 9.59 Å². The Morgan fingerprint density at radius 1 is 0.872 bits per heavy atom. The largest absolute Gasteiger partial charge is 0.497 e. The van der Waals surface area contributed by atoms with Gasteiger partial charge in [0.15, 0.2) is 0 Å². The first-order chi connectivity index (χ1) is 18.9. The molecule has 1 atom stereocenters. The molecule has 200 valence electrons. The number of rotatable bonds is 8. The molecular formula is C32H33N3O4. The number of fused-ring (bicyclic) bond motifs is 1. The second-order valence-corrected chi connectivity index (χ2v) is 9.86. The third-order valence-corrected chi connectivity index (χ3v) is 7.02. The molecule has 1 aliphatic heterocycles. The van der Waals surface area contributed by atoms with E-state index in [0.29, 0.717) is 30.2 Å². The summed E-state index contributed by atoms with van der Waals surface area (Å²) < 4.78 is 13.6. The molecule has 7 nitrogen and oxygen atoms in total. The molecule has 5 rings (SSSR count). The molecule has 0 N–H and O–H groups in total. The predicted molar refractivity (Wildman–Crippen MR) is 150 cm³/mol. The Labute approximate surface area is 229 Å². The van der Waals surface area contributed by atoms with Crippen LogP contribution in [0.3, 0.4) is 0 Å². The topological polar surface area (TPSA) is 64.0 Å². The zero-order chi connectivity index (χ0) is 27.4. The number of nitrogens with zero attached hydrogens (tertiary/aromatic N) is 3. The molecule has 0 bridgehead atoms. The maximum atomic E-state index is 13.9. The molecule has 0 aliphatic carbocycles. The van der Waals surface area contributed by atoms with Gasteiger partial charge in [-0.3, -0.25) is 9.59 Å². The fourth-order valence-electron chi connectivity index (χ4n) is 5.02. The zero-order valence-corrected chi connectivity index (χ0v) is 22.5. The molecule has 0 unspecified atom stereocenters. The van der Waals surface area contributed by atoms with Crippen LogP contribution in [0.15, 0.2) is 97.2 Å². The lowest BCUT2D eigenvalue weighted by Gasteiger charge is -2.39. The van der Waals surface area contributed by atoms with Crippen LogP contribution < -0.4 is 9.47 Å². The van der Waals surface area contributed by atoms with E-state index in [0.717, 1.165) is 17.0 Å². The highest BCUT2D eigenvalue weighted by molar-refractivity contribution is 5.97. The van der Waals surface area contributed by atoms with E-state index in [1.165, 1.54) is 0 Å². The monoisotopic (exact) mass is 523 g/mol. The second kappa shape index (κ2) is 11.5. The van der Waals surface area contributed by atoms with Crippen molar-refractivity contribution in [2.45, 2.75) is 32.5 Å². The van der Waals surface area contributed by atoms with Crippen LogP contribution in [0.2, 0.25) is 0 Å². The van der Waals surface area contributed by atoms with Gasteiger partial charge in [-0.2, -0.15) is 0 Å². The molecule has 2 heterocycles. The van der Waals surface area contributed by atoms with E-state index in [2.05, 4.69) is 10.6 Å². The Morgan fingerprint density at radius 2 is 1.62 bits per heavy atom. The van der Waals surface area contributed by atoms with Gasteiger partial charge in [0.1, 0.15) is 23.8 Å². The van der Waals surface area contributed by atoms with E-state index in [4.69, 9.17) is 9.47 Å². The lowest BCUT2D eigenvalue weighted by atomic mass is 9.99. The minimum atomic E-state index is -0.304. The van der Waals surface area contributed by atoms with Crippen molar-refractivity contribution in [1.29, 1.82) is 0 Å². The van der Waals surface area contributed by atoms with Crippen LogP contribution in [0.25, 0.3) is 0 Å². The molecule has 4 aromatic rings. The van der Waals surface area contributed by atoms with E-state index >= 15 is 0 Å². The van der Waals surface area contributed by atoms with Gasteiger partial charge in [0.05, 0.1) is 13.2 Å². The van der Waals surface area contributed by atoms with Gasteiger partial charge >= 0.3 is 0 Å². The van der Waals surface area contributed by atoms with Crippen LogP contribution in [-0.4, -0.2) is 52.4 Å². The fourth-order valence-corrected chi connectivity index (χ4v) is 5.02. The molecule has 2 amide bonds. The highest BCUT2D eigenvalue weighted by atomic mass is 16.5. The highest BCUT2D eigenvalue weighted by Crippen LogP contribution is 2.35. The number of hydrogen-bond acceptors (Lipinski definition) is 4. The third-order valence-electron chi connectivity index (χ3n) is 7.02. The number of amides is 2. The predicted octanol–water partition coefficient (Wildman–Crippen LogP) is 5.77. The first-order valence-electron chi connectivity index (χ1n) is 13.2. The van der Waals surface area contributed by atoms with E-state index in [-0.39, 0.29) is 30.4 Å². The number of hydrogen-bond donors (Lipinski definition) is 0. The maximum absolute atomic E-state index is 13.9. The van der Waals surface area contributed by atoms with Gasteiger partial charge in [-0.05, 0) is 74.0 Å². The molecule has 0 fully saturated rings. The first-order valence-corrected chi connectivity index (χ1v) is 13.2.